The van der Waals surface area contributed by atoms with Crippen molar-refractivity contribution in [3.8, 4) is 11.3 Å². The number of hydrogen-bond donors (Lipinski definition) is 2. The van der Waals surface area contributed by atoms with Crippen LogP contribution in [0.15, 0.2) is 60.0 Å². The van der Waals surface area contributed by atoms with Crippen molar-refractivity contribution in [3.63, 3.8) is 0 Å². The molecule has 0 unspecified atom stereocenters. The van der Waals surface area contributed by atoms with Gasteiger partial charge in [0.15, 0.2) is 5.96 Å². The van der Waals surface area contributed by atoms with Crippen LogP contribution >= 0.6 is 24.0 Å². The van der Waals surface area contributed by atoms with Crippen molar-refractivity contribution in [2.45, 2.75) is 13.1 Å². The smallest absolute Gasteiger partial charge is 0.191 e. The number of nitrogens with zero attached hydrogens (tertiary/aromatic N) is 5. The molecule has 7 nitrogen and oxygen atoms in total. The second-order valence-corrected chi connectivity index (χ2v) is 5.49. The highest BCUT2D eigenvalue weighted by Crippen LogP contribution is 2.17. The van der Waals surface area contributed by atoms with Crippen molar-refractivity contribution in [2.24, 2.45) is 12.0 Å². The minimum atomic E-state index is 0. The van der Waals surface area contributed by atoms with E-state index in [1.165, 1.54) is 6.33 Å². The molecule has 3 rings (SSSR count). The van der Waals surface area contributed by atoms with Crippen LogP contribution in [-0.4, -0.2) is 32.8 Å². The zero-order valence-corrected chi connectivity index (χ0v) is 17.1. The number of nitrogens with one attached hydrogen (secondary N) is 2. The summed E-state index contributed by atoms with van der Waals surface area (Å²) >= 11 is 0. The van der Waals surface area contributed by atoms with Gasteiger partial charge in [0, 0.05) is 32.4 Å². The van der Waals surface area contributed by atoms with Gasteiger partial charge in [0.2, 0.25) is 0 Å². The first-order valence-corrected chi connectivity index (χ1v) is 8.04. The van der Waals surface area contributed by atoms with E-state index in [2.05, 4.69) is 48.9 Å². The number of rotatable bonds is 5. The molecule has 0 saturated carbocycles. The third-order valence-electron chi connectivity index (χ3n) is 3.79. The van der Waals surface area contributed by atoms with Crippen molar-refractivity contribution < 1.29 is 0 Å². The molecule has 0 amide bonds. The number of aryl methyl sites for hydroxylation is 1. The molecular weight excluding hydrogens is 441 g/mol. The Morgan fingerprint density at radius 2 is 1.92 bits per heavy atom. The highest BCUT2D eigenvalue weighted by molar-refractivity contribution is 14.0. The maximum Gasteiger partial charge on any atom is 0.191 e. The molecule has 0 atom stereocenters. The fourth-order valence-electron chi connectivity index (χ4n) is 2.42. The van der Waals surface area contributed by atoms with Crippen molar-refractivity contribution >= 4 is 29.9 Å². The molecule has 0 bridgehead atoms. The van der Waals surface area contributed by atoms with Gasteiger partial charge < -0.3 is 10.6 Å². The predicted molar refractivity (Wildman–Crippen MR) is 113 cm³/mol. The largest absolute Gasteiger partial charge is 0.352 e. The lowest BCUT2D eigenvalue weighted by Gasteiger charge is -2.12. The molecule has 3 aromatic rings. The van der Waals surface area contributed by atoms with Crippen LogP contribution in [0.5, 0.6) is 0 Å². The quantitative estimate of drug-likeness (QED) is 0.345. The molecule has 2 heterocycles. The van der Waals surface area contributed by atoms with E-state index in [9.17, 15) is 0 Å². The van der Waals surface area contributed by atoms with E-state index in [-0.39, 0.29) is 24.0 Å². The van der Waals surface area contributed by atoms with E-state index < -0.39 is 0 Å². The minimum Gasteiger partial charge on any atom is -0.352 e. The molecule has 0 fully saturated rings. The number of pyridine rings is 1. The van der Waals surface area contributed by atoms with Gasteiger partial charge in [-0.25, -0.2) is 4.98 Å². The topological polar surface area (TPSA) is 80.0 Å². The normalized spacial score (nSPS) is 10.9. The summed E-state index contributed by atoms with van der Waals surface area (Å²) in [6, 6.07) is 14.2. The van der Waals surface area contributed by atoms with Crippen LogP contribution in [0, 0.1) is 0 Å². The van der Waals surface area contributed by atoms with Gasteiger partial charge in [-0.2, -0.15) is 5.10 Å². The SMILES string of the molecule is CN=C(NCc1cccc(-c2ccccn2)c1)NCc1ncnn1C.I. The van der Waals surface area contributed by atoms with Gasteiger partial charge >= 0.3 is 0 Å². The summed E-state index contributed by atoms with van der Waals surface area (Å²) in [5.41, 5.74) is 3.22. The molecule has 2 N–H and O–H groups in total. The van der Waals surface area contributed by atoms with Crippen LogP contribution in [0.4, 0.5) is 0 Å². The first-order valence-electron chi connectivity index (χ1n) is 8.04. The van der Waals surface area contributed by atoms with Crippen LogP contribution < -0.4 is 10.6 Å². The van der Waals surface area contributed by atoms with Crippen molar-refractivity contribution in [2.75, 3.05) is 7.05 Å². The number of hydrogen-bond acceptors (Lipinski definition) is 4. The molecule has 2 aromatic heterocycles. The summed E-state index contributed by atoms with van der Waals surface area (Å²) in [6.07, 6.45) is 3.34. The van der Waals surface area contributed by atoms with Gasteiger partial charge in [-0.3, -0.25) is 14.7 Å². The van der Waals surface area contributed by atoms with Gasteiger partial charge in [-0.15, -0.1) is 24.0 Å². The van der Waals surface area contributed by atoms with Crippen LogP contribution in [0.2, 0.25) is 0 Å². The molecule has 0 aliphatic carbocycles. The molecule has 0 saturated heterocycles. The lowest BCUT2D eigenvalue weighted by atomic mass is 10.1. The first kappa shape index (κ1) is 19.8. The summed E-state index contributed by atoms with van der Waals surface area (Å²) in [4.78, 5) is 12.8. The Kier molecular flexibility index (Phi) is 7.52. The summed E-state index contributed by atoms with van der Waals surface area (Å²) in [5, 5.41) is 10.6. The monoisotopic (exact) mass is 463 g/mol. The van der Waals surface area contributed by atoms with Gasteiger partial charge in [-0.05, 0) is 23.8 Å². The van der Waals surface area contributed by atoms with Gasteiger partial charge in [0.05, 0.1) is 12.2 Å². The molecule has 0 spiro atoms. The van der Waals surface area contributed by atoms with Crippen molar-refractivity contribution in [1.29, 1.82) is 0 Å². The Bertz CT molecular complexity index is 846. The maximum absolute atomic E-state index is 4.40. The van der Waals surface area contributed by atoms with Gasteiger partial charge in [0.25, 0.3) is 0 Å². The van der Waals surface area contributed by atoms with Crippen molar-refractivity contribution in [3.05, 3.63) is 66.4 Å². The van der Waals surface area contributed by atoms with Crippen LogP contribution in [0.3, 0.4) is 0 Å². The maximum atomic E-state index is 4.40. The highest BCUT2D eigenvalue weighted by atomic mass is 127. The van der Waals surface area contributed by atoms with E-state index in [1.54, 1.807) is 17.9 Å². The summed E-state index contributed by atoms with van der Waals surface area (Å²) in [6.45, 7) is 1.23. The predicted octanol–water partition coefficient (Wildman–Crippen LogP) is 2.36. The number of halogens is 1. The lowest BCUT2D eigenvalue weighted by Crippen LogP contribution is -2.36. The average Bonchev–Trinajstić information content (AvgIpc) is 3.08. The molecule has 0 radical (unpaired) electrons. The van der Waals surface area contributed by atoms with E-state index >= 15 is 0 Å². The van der Waals surface area contributed by atoms with Gasteiger partial charge in [-0.1, -0.05) is 24.3 Å². The van der Waals surface area contributed by atoms with E-state index in [4.69, 9.17) is 0 Å². The Hall–Kier alpha value is -2.49. The zero-order valence-electron chi connectivity index (χ0n) is 14.8. The van der Waals surface area contributed by atoms with Crippen LogP contribution in [0.1, 0.15) is 11.4 Å². The zero-order chi connectivity index (χ0) is 17.5. The van der Waals surface area contributed by atoms with Crippen molar-refractivity contribution in [1.82, 2.24) is 30.4 Å². The number of aromatic nitrogens is 4. The second-order valence-electron chi connectivity index (χ2n) is 5.49. The number of guanidine groups is 1. The Morgan fingerprint density at radius 3 is 2.62 bits per heavy atom. The fourth-order valence-corrected chi connectivity index (χ4v) is 2.42. The lowest BCUT2D eigenvalue weighted by molar-refractivity contribution is 0.672. The van der Waals surface area contributed by atoms with E-state index in [0.717, 1.165) is 22.6 Å². The first-order chi connectivity index (χ1) is 12.3. The summed E-state index contributed by atoms with van der Waals surface area (Å²) in [7, 11) is 3.61. The van der Waals surface area contributed by atoms with Gasteiger partial charge in [0.1, 0.15) is 12.2 Å². The van der Waals surface area contributed by atoms with E-state index in [1.807, 2.05) is 31.3 Å². The standard InChI is InChI=1S/C18H21N7.HI/c1-19-18(22-12-17-23-13-24-25(17)2)21-11-14-6-5-7-15(10-14)16-8-3-4-9-20-16;/h3-10,13H,11-12H2,1-2H3,(H2,19,21,22);1H. The Balaban J connectivity index is 0.00000243. The number of aliphatic imine (C=N–C) groups is 1. The highest BCUT2D eigenvalue weighted by Gasteiger charge is 2.04. The van der Waals surface area contributed by atoms with Crippen LogP contribution in [0.25, 0.3) is 11.3 Å². The minimum absolute atomic E-state index is 0. The summed E-state index contributed by atoms with van der Waals surface area (Å²) in [5.74, 6) is 1.56. The third-order valence-corrected chi connectivity index (χ3v) is 3.79. The molecule has 8 heteroatoms. The van der Waals surface area contributed by atoms with E-state index in [0.29, 0.717) is 19.0 Å². The Morgan fingerprint density at radius 1 is 1.08 bits per heavy atom. The fraction of sp³-hybridized carbons (Fsp3) is 0.222. The Labute approximate surface area is 170 Å². The van der Waals surface area contributed by atoms with Crippen LogP contribution in [-0.2, 0) is 20.1 Å². The number of benzene rings is 1. The molecule has 0 aliphatic rings. The average molecular weight is 463 g/mol. The third kappa shape index (κ3) is 5.25. The molecule has 136 valence electrons. The molecule has 1 aromatic carbocycles. The summed E-state index contributed by atoms with van der Waals surface area (Å²) < 4.78 is 1.73. The second kappa shape index (κ2) is 9.85. The molecular formula is C18H22IN7. The molecule has 0 aliphatic heterocycles. The molecule has 26 heavy (non-hydrogen) atoms.